The first kappa shape index (κ1) is 13.7. The second-order valence-electron chi connectivity index (χ2n) is 3.92. The molecule has 1 N–H and O–H groups in total. The molecule has 1 unspecified atom stereocenters. The highest BCUT2D eigenvalue weighted by atomic mass is 19.1. The zero-order valence-corrected chi connectivity index (χ0v) is 10.5. The Morgan fingerprint density at radius 1 is 1.53 bits per heavy atom. The molecular formula is C14H20FNO. The molecule has 0 saturated heterocycles. The summed E-state index contributed by atoms with van der Waals surface area (Å²) < 4.78 is 18.6. The molecule has 0 aliphatic carbocycles. The van der Waals surface area contributed by atoms with Crippen molar-refractivity contribution in [2.45, 2.75) is 25.8 Å². The highest BCUT2D eigenvalue weighted by molar-refractivity contribution is 5.36. The molecule has 0 heterocycles. The summed E-state index contributed by atoms with van der Waals surface area (Å²) in [5.74, 6) is 0.468. The van der Waals surface area contributed by atoms with Gasteiger partial charge in [-0.2, -0.15) is 0 Å². The molecule has 1 aromatic carbocycles. The molecule has 3 heteroatoms. The van der Waals surface area contributed by atoms with E-state index >= 15 is 0 Å². The van der Waals surface area contributed by atoms with Crippen LogP contribution in [0.5, 0.6) is 5.75 Å². The van der Waals surface area contributed by atoms with Crippen LogP contribution in [-0.4, -0.2) is 13.7 Å². The molecule has 17 heavy (non-hydrogen) atoms. The van der Waals surface area contributed by atoms with Gasteiger partial charge in [0.1, 0.15) is 11.6 Å². The van der Waals surface area contributed by atoms with Crippen LogP contribution in [0.15, 0.2) is 30.9 Å². The zero-order valence-electron chi connectivity index (χ0n) is 10.5. The molecule has 0 aromatic heterocycles. The van der Waals surface area contributed by atoms with Gasteiger partial charge in [0.25, 0.3) is 0 Å². The van der Waals surface area contributed by atoms with Crippen LogP contribution in [-0.2, 0) is 0 Å². The molecular weight excluding hydrogens is 217 g/mol. The fraction of sp³-hybridized carbons (Fsp3) is 0.429. The van der Waals surface area contributed by atoms with Gasteiger partial charge >= 0.3 is 0 Å². The summed E-state index contributed by atoms with van der Waals surface area (Å²) in [6.07, 6.45) is 3.61. The van der Waals surface area contributed by atoms with Gasteiger partial charge in [0, 0.05) is 11.6 Å². The highest BCUT2D eigenvalue weighted by Gasteiger charge is 2.14. The van der Waals surface area contributed by atoms with E-state index in [0.717, 1.165) is 24.9 Å². The van der Waals surface area contributed by atoms with Crippen LogP contribution >= 0.6 is 0 Å². The summed E-state index contributed by atoms with van der Waals surface area (Å²) in [6.45, 7) is 6.72. The van der Waals surface area contributed by atoms with Crippen molar-refractivity contribution in [3.63, 3.8) is 0 Å². The molecule has 0 bridgehead atoms. The summed E-state index contributed by atoms with van der Waals surface area (Å²) in [7, 11) is 1.60. The summed E-state index contributed by atoms with van der Waals surface area (Å²) in [6, 6.07) is 4.65. The third-order valence-corrected chi connectivity index (χ3v) is 2.61. The van der Waals surface area contributed by atoms with E-state index in [1.165, 1.54) is 12.1 Å². The molecule has 0 amide bonds. The van der Waals surface area contributed by atoms with Crippen molar-refractivity contribution >= 4 is 0 Å². The van der Waals surface area contributed by atoms with Gasteiger partial charge in [-0.15, -0.1) is 6.58 Å². The normalized spacial score (nSPS) is 12.2. The molecule has 1 atom stereocenters. The topological polar surface area (TPSA) is 21.3 Å². The summed E-state index contributed by atoms with van der Waals surface area (Å²) in [5.41, 5.74) is 0.848. The van der Waals surface area contributed by atoms with E-state index in [-0.39, 0.29) is 11.9 Å². The molecule has 0 radical (unpaired) electrons. The Morgan fingerprint density at radius 2 is 2.29 bits per heavy atom. The summed E-state index contributed by atoms with van der Waals surface area (Å²) >= 11 is 0. The number of halogens is 1. The van der Waals surface area contributed by atoms with Gasteiger partial charge in [-0.1, -0.05) is 13.0 Å². The van der Waals surface area contributed by atoms with Gasteiger partial charge in [-0.25, -0.2) is 4.39 Å². The van der Waals surface area contributed by atoms with E-state index < -0.39 is 0 Å². The monoisotopic (exact) mass is 237 g/mol. The average Bonchev–Trinajstić information content (AvgIpc) is 2.34. The van der Waals surface area contributed by atoms with Gasteiger partial charge in [-0.05, 0) is 37.6 Å². The zero-order chi connectivity index (χ0) is 12.7. The number of methoxy groups -OCH3 is 1. The lowest BCUT2D eigenvalue weighted by Gasteiger charge is -2.20. The maximum Gasteiger partial charge on any atom is 0.123 e. The SMILES string of the molecule is C=CCC(NCCC)c1cc(F)ccc1OC. The molecule has 0 fully saturated rings. The van der Waals surface area contributed by atoms with Crippen LogP contribution in [0.2, 0.25) is 0 Å². The number of rotatable bonds is 7. The van der Waals surface area contributed by atoms with Crippen LogP contribution in [0.25, 0.3) is 0 Å². The van der Waals surface area contributed by atoms with Crippen molar-refractivity contribution in [2.75, 3.05) is 13.7 Å². The summed E-state index contributed by atoms with van der Waals surface area (Å²) in [4.78, 5) is 0. The van der Waals surface area contributed by atoms with Gasteiger partial charge in [0.15, 0.2) is 0 Å². The van der Waals surface area contributed by atoms with Gasteiger partial charge in [0.05, 0.1) is 7.11 Å². The standard InChI is InChI=1S/C14H20FNO/c1-4-6-13(16-9-5-2)12-10-11(15)7-8-14(12)17-3/h4,7-8,10,13,16H,1,5-6,9H2,2-3H3. The van der Waals surface area contributed by atoms with E-state index in [0.29, 0.717) is 5.75 Å². The Hall–Kier alpha value is -1.35. The van der Waals surface area contributed by atoms with Crippen LogP contribution < -0.4 is 10.1 Å². The molecule has 0 saturated carbocycles. The van der Waals surface area contributed by atoms with E-state index in [9.17, 15) is 4.39 Å². The predicted molar refractivity (Wildman–Crippen MR) is 68.8 cm³/mol. The maximum atomic E-state index is 13.3. The number of hydrogen-bond acceptors (Lipinski definition) is 2. The maximum absolute atomic E-state index is 13.3. The second-order valence-corrected chi connectivity index (χ2v) is 3.92. The second kappa shape index (κ2) is 7.07. The quantitative estimate of drug-likeness (QED) is 0.733. The van der Waals surface area contributed by atoms with Crippen molar-refractivity contribution in [1.82, 2.24) is 5.32 Å². The van der Waals surface area contributed by atoms with E-state index in [1.807, 2.05) is 6.08 Å². The third-order valence-electron chi connectivity index (χ3n) is 2.61. The molecule has 94 valence electrons. The van der Waals surface area contributed by atoms with Crippen molar-refractivity contribution < 1.29 is 9.13 Å². The van der Waals surface area contributed by atoms with Crippen LogP contribution in [0.3, 0.4) is 0 Å². The number of benzene rings is 1. The first-order chi connectivity index (χ1) is 8.22. The van der Waals surface area contributed by atoms with E-state index in [1.54, 1.807) is 13.2 Å². The number of nitrogens with one attached hydrogen (secondary N) is 1. The van der Waals surface area contributed by atoms with Gasteiger partial charge in [0.2, 0.25) is 0 Å². The highest BCUT2D eigenvalue weighted by Crippen LogP contribution is 2.28. The van der Waals surface area contributed by atoms with Crippen molar-refractivity contribution in [3.8, 4) is 5.75 Å². The van der Waals surface area contributed by atoms with Crippen LogP contribution in [0, 0.1) is 5.82 Å². The smallest absolute Gasteiger partial charge is 0.123 e. The summed E-state index contributed by atoms with van der Waals surface area (Å²) in [5, 5.41) is 3.37. The lowest BCUT2D eigenvalue weighted by atomic mass is 10.0. The largest absolute Gasteiger partial charge is 0.496 e. The number of ether oxygens (including phenoxy) is 1. The van der Waals surface area contributed by atoms with Gasteiger partial charge < -0.3 is 10.1 Å². The van der Waals surface area contributed by atoms with Crippen molar-refractivity contribution in [3.05, 3.63) is 42.2 Å². The Balaban J connectivity index is 2.97. The lowest BCUT2D eigenvalue weighted by Crippen LogP contribution is -2.22. The molecule has 0 aliphatic heterocycles. The first-order valence-electron chi connectivity index (χ1n) is 5.90. The fourth-order valence-electron chi connectivity index (χ4n) is 1.78. The minimum absolute atomic E-state index is 0.0538. The van der Waals surface area contributed by atoms with Crippen LogP contribution in [0.1, 0.15) is 31.4 Å². The first-order valence-corrected chi connectivity index (χ1v) is 5.90. The van der Waals surface area contributed by atoms with Crippen molar-refractivity contribution in [1.29, 1.82) is 0 Å². The Labute approximate surface area is 102 Å². The predicted octanol–water partition coefficient (Wildman–Crippen LogP) is 3.45. The minimum Gasteiger partial charge on any atom is -0.496 e. The number of hydrogen-bond donors (Lipinski definition) is 1. The van der Waals surface area contributed by atoms with Crippen LogP contribution in [0.4, 0.5) is 4.39 Å². The van der Waals surface area contributed by atoms with Crippen molar-refractivity contribution in [2.24, 2.45) is 0 Å². The molecule has 0 aliphatic rings. The molecule has 1 aromatic rings. The Bertz CT molecular complexity index is 365. The van der Waals surface area contributed by atoms with E-state index in [2.05, 4.69) is 18.8 Å². The third kappa shape index (κ3) is 3.86. The Kier molecular flexibility index (Phi) is 5.70. The lowest BCUT2D eigenvalue weighted by molar-refractivity contribution is 0.397. The fourth-order valence-corrected chi connectivity index (χ4v) is 1.78. The minimum atomic E-state index is -0.242. The van der Waals surface area contributed by atoms with Gasteiger partial charge in [-0.3, -0.25) is 0 Å². The molecule has 1 rings (SSSR count). The molecule has 2 nitrogen and oxygen atoms in total. The Morgan fingerprint density at radius 3 is 2.88 bits per heavy atom. The average molecular weight is 237 g/mol. The molecule has 0 spiro atoms. The van der Waals surface area contributed by atoms with E-state index in [4.69, 9.17) is 4.74 Å².